The van der Waals surface area contributed by atoms with Gasteiger partial charge in [-0.05, 0) is 48.0 Å². The lowest BCUT2D eigenvalue weighted by Gasteiger charge is -2.32. The van der Waals surface area contributed by atoms with Crippen LogP contribution in [0.3, 0.4) is 0 Å². The first-order valence-corrected chi connectivity index (χ1v) is 15.3. The van der Waals surface area contributed by atoms with Crippen LogP contribution in [0.25, 0.3) is 0 Å². The Morgan fingerprint density at radius 2 is 1.66 bits per heavy atom. The van der Waals surface area contributed by atoms with Crippen LogP contribution in [0.15, 0.2) is 65.3 Å². The number of amides is 1. The van der Waals surface area contributed by atoms with Crippen molar-refractivity contribution in [1.29, 1.82) is 0 Å². The summed E-state index contributed by atoms with van der Waals surface area (Å²) in [6, 6.07) is 12.7. The van der Waals surface area contributed by atoms with E-state index in [1.54, 1.807) is 37.4 Å². The minimum atomic E-state index is -3.95. The van der Waals surface area contributed by atoms with E-state index in [9.17, 15) is 23.1 Å². The first-order chi connectivity index (χ1) is 21.1. The molecule has 3 rings (SSSR count). The number of aliphatic hydroxyl groups is 1. The lowest BCUT2D eigenvalue weighted by molar-refractivity contribution is -0.158. The minimum Gasteiger partial charge on any atom is -0.497 e. The zero-order chi connectivity index (χ0) is 32.3. The Hall–Kier alpha value is -3.53. The van der Waals surface area contributed by atoms with Crippen LogP contribution in [0.5, 0.6) is 5.75 Å². The number of carbonyl (C=O) groups excluding carboxylic acids is 2. The summed E-state index contributed by atoms with van der Waals surface area (Å²) in [7, 11) is 3.35. The first kappa shape index (κ1) is 35.0. The molecule has 242 valence electrons. The Kier molecular flexibility index (Phi) is 13.1. The van der Waals surface area contributed by atoms with Gasteiger partial charge in [0.25, 0.3) is 5.91 Å². The molecule has 2 aromatic carbocycles. The van der Waals surface area contributed by atoms with Gasteiger partial charge in [-0.15, -0.1) is 0 Å². The van der Waals surface area contributed by atoms with Gasteiger partial charge in [0.2, 0.25) is 16.3 Å². The van der Waals surface area contributed by atoms with Crippen LogP contribution in [0.4, 0.5) is 0 Å². The Morgan fingerprint density at radius 1 is 1.00 bits per heavy atom. The van der Waals surface area contributed by atoms with Gasteiger partial charge in [-0.2, -0.15) is 4.31 Å². The van der Waals surface area contributed by atoms with E-state index >= 15 is 0 Å². The number of esters is 1. The summed E-state index contributed by atoms with van der Waals surface area (Å²) in [4.78, 5) is 26.7. The maximum atomic E-state index is 13.4. The molecule has 13 nitrogen and oxygen atoms in total. The van der Waals surface area contributed by atoms with Crippen LogP contribution < -0.4 is 4.74 Å². The molecule has 0 radical (unpaired) electrons. The molecule has 1 N–H and O–H groups in total. The molecular formula is C30H40N2O11S. The molecule has 44 heavy (non-hydrogen) atoms. The van der Waals surface area contributed by atoms with E-state index in [0.717, 1.165) is 9.87 Å². The molecule has 0 spiro atoms. The molecule has 2 atom stereocenters. The highest BCUT2D eigenvalue weighted by Gasteiger charge is 2.32. The number of sulfonamides is 1. The van der Waals surface area contributed by atoms with Crippen molar-refractivity contribution in [2.45, 2.75) is 29.8 Å². The number of likely N-dealkylation sites (N-methyl/N-ethyl adjacent to an activating group) is 1. The second-order valence-corrected chi connectivity index (χ2v) is 11.7. The van der Waals surface area contributed by atoms with E-state index in [1.807, 2.05) is 0 Å². The van der Waals surface area contributed by atoms with Crippen molar-refractivity contribution >= 4 is 21.9 Å². The molecular weight excluding hydrogens is 596 g/mol. The number of carbonyl (C=O) groups is 2. The monoisotopic (exact) mass is 636 g/mol. The highest BCUT2D eigenvalue weighted by Crippen LogP contribution is 2.32. The molecule has 1 aliphatic heterocycles. The molecule has 0 aliphatic carbocycles. The van der Waals surface area contributed by atoms with Gasteiger partial charge in [-0.3, -0.25) is 4.79 Å². The van der Waals surface area contributed by atoms with E-state index in [-0.39, 0.29) is 42.8 Å². The second kappa shape index (κ2) is 16.5. The standard InChI is InChI=1S/C30H40N2O11S/c1-31(20-28(39-3)40-4)29(34)26-18-23(21-6-8-22(9-7-21)30(35)41-5)19-27(43-26)42-17-15-32(14-16-33)44(36,37)25-12-10-24(38-2)11-13-25/h6-13,18,23,27-28,33H,14-17,19-20H2,1-5H3/t23-,27+/m1/s1. The third-order valence-electron chi connectivity index (χ3n) is 7.01. The predicted molar refractivity (Wildman–Crippen MR) is 158 cm³/mol. The molecule has 1 aliphatic rings. The number of aliphatic hydroxyl groups excluding tert-OH is 1. The summed E-state index contributed by atoms with van der Waals surface area (Å²) in [6.45, 7) is -0.566. The van der Waals surface area contributed by atoms with Crippen molar-refractivity contribution in [3.8, 4) is 5.75 Å². The number of hydrogen-bond donors (Lipinski definition) is 1. The van der Waals surface area contributed by atoms with E-state index < -0.39 is 41.1 Å². The molecule has 0 saturated heterocycles. The second-order valence-electron chi connectivity index (χ2n) is 9.79. The predicted octanol–water partition coefficient (Wildman–Crippen LogP) is 1.97. The van der Waals surface area contributed by atoms with Crippen LogP contribution in [0.1, 0.15) is 28.3 Å². The number of methoxy groups -OCH3 is 4. The average Bonchev–Trinajstić information content (AvgIpc) is 3.05. The summed E-state index contributed by atoms with van der Waals surface area (Å²) >= 11 is 0. The molecule has 0 bridgehead atoms. The number of allylic oxidation sites excluding steroid dienone is 1. The average molecular weight is 637 g/mol. The van der Waals surface area contributed by atoms with Crippen LogP contribution in [0.2, 0.25) is 0 Å². The summed E-state index contributed by atoms with van der Waals surface area (Å²) < 4.78 is 59.9. The van der Waals surface area contributed by atoms with Crippen molar-refractivity contribution in [2.24, 2.45) is 0 Å². The normalized spacial score (nSPS) is 16.8. The van der Waals surface area contributed by atoms with Crippen molar-refractivity contribution in [3.05, 3.63) is 71.5 Å². The van der Waals surface area contributed by atoms with Gasteiger partial charge in [-0.25, -0.2) is 13.2 Å². The first-order valence-electron chi connectivity index (χ1n) is 13.8. The zero-order valence-corrected chi connectivity index (χ0v) is 26.3. The Balaban J connectivity index is 1.78. The smallest absolute Gasteiger partial charge is 0.337 e. The molecule has 0 aromatic heterocycles. The number of hydrogen-bond acceptors (Lipinski definition) is 11. The summed E-state index contributed by atoms with van der Waals surface area (Å²) in [5.41, 5.74) is 1.18. The highest BCUT2D eigenvalue weighted by molar-refractivity contribution is 7.89. The molecule has 14 heteroatoms. The fourth-order valence-corrected chi connectivity index (χ4v) is 5.93. The van der Waals surface area contributed by atoms with Crippen LogP contribution >= 0.6 is 0 Å². The van der Waals surface area contributed by atoms with Gasteiger partial charge in [-0.1, -0.05) is 12.1 Å². The van der Waals surface area contributed by atoms with Gasteiger partial charge >= 0.3 is 5.97 Å². The maximum absolute atomic E-state index is 13.4. The van der Waals surface area contributed by atoms with Crippen molar-refractivity contribution in [2.75, 3.05) is 68.3 Å². The molecule has 0 fully saturated rings. The van der Waals surface area contributed by atoms with Gasteiger partial charge in [0.05, 0.1) is 44.4 Å². The molecule has 0 unspecified atom stereocenters. The summed E-state index contributed by atoms with van der Waals surface area (Å²) in [6.07, 6.45) is 0.444. The van der Waals surface area contributed by atoms with Gasteiger partial charge < -0.3 is 38.4 Å². The maximum Gasteiger partial charge on any atom is 0.337 e. The van der Waals surface area contributed by atoms with Gasteiger partial charge in [0, 0.05) is 46.7 Å². The van der Waals surface area contributed by atoms with Crippen molar-refractivity contribution in [3.63, 3.8) is 0 Å². The van der Waals surface area contributed by atoms with E-state index in [0.29, 0.717) is 17.7 Å². The zero-order valence-electron chi connectivity index (χ0n) is 25.5. The summed E-state index contributed by atoms with van der Waals surface area (Å²) in [5.74, 6) is -0.688. The number of benzene rings is 2. The molecule has 1 heterocycles. The fraction of sp³-hybridized carbons (Fsp3) is 0.467. The van der Waals surface area contributed by atoms with Crippen LogP contribution in [-0.2, 0) is 38.5 Å². The quantitative estimate of drug-likeness (QED) is 0.213. The van der Waals surface area contributed by atoms with Crippen LogP contribution in [-0.4, -0.2) is 116 Å². The molecule has 2 aromatic rings. The fourth-order valence-electron chi connectivity index (χ4n) is 4.51. The third kappa shape index (κ3) is 9.00. The van der Waals surface area contributed by atoms with Crippen LogP contribution in [0, 0.1) is 0 Å². The minimum absolute atomic E-state index is 0.0369. The highest BCUT2D eigenvalue weighted by atomic mass is 32.2. The van der Waals surface area contributed by atoms with Gasteiger partial charge in [0.1, 0.15) is 5.75 Å². The summed E-state index contributed by atoms with van der Waals surface area (Å²) in [5, 5.41) is 9.57. The Morgan fingerprint density at radius 3 is 2.23 bits per heavy atom. The Labute approximate surface area is 257 Å². The SMILES string of the molecule is COC(=O)c1ccc([C@@H]2C=C(C(=O)N(C)CC(OC)OC)O[C@H](OCCN(CCO)S(=O)(=O)c3ccc(OC)cc3)C2)cc1. The van der Waals surface area contributed by atoms with E-state index in [4.69, 9.17) is 28.4 Å². The number of nitrogens with zero attached hydrogens (tertiary/aromatic N) is 2. The topological polar surface area (TPSA) is 150 Å². The van der Waals surface area contributed by atoms with Crippen molar-refractivity contribution in [1.82, 2.24) is 9.21 Å². The molecule has 1 amide bonds. The Bertz CT molecular complexity index is 1360. The lowest BCUT2D eigenvalue weighted by atomic mass is 9.92. The lowest BCUT2D eigenvalue weighted by Crippen LogP contribution is -2.40. The molecule has 0 saturated carbocycles. The largest absolute Gasteiger partial charge is 0.497 e. The van der Waals surface area contributed by atoms with E-state index in [2.05, 4.69) is 0 Å². The number of rotatable bonds is 16. The van der Waals surface area contributed by atoms with Crippen molar-refractivity contribution < 1.29 is 51.5 Å². The number of ether oxygens (including phenoxy) is 6. The third-order valence-corrected chi connectivity index (χ3v) is 8.93. The van der Waals surface area contributed by atoms with E-state index in [1.165, 1.54) is 57.6 Å². The van der Waals surface area contributed by atoms with Gasteiger partial charge in [0.15, 0.2) is 12.0 Å².